The maximum absolute atomic E-state index is 12.0. The van der Waals surface area contributed by atoms with Crippen LogP contribution >= 0.6 is 11.6 Å². The van der Waals surface area contributed by atoms with Crippen molar-refractivity contribution in [1.29, 1.82) is 0 Å². The fourth-order valence-corrected chi connectivity index (χ4v) is 1.61. The molecule has 0 aliphatic carbocycles. The summed E-state index contributed by atoms with van der Waals surface area (Å²) in [6, 6.07) is 5.14. The third-order valence-corrected chi connectivity index (χ3v) is 2.48. The zero-order valence-corrected chi connectivity index (χ0v) is 9.69. The van der Waals surface area contributed by atoms with E-state index in [2.05, 4.69) is 9.97 Å². The van der Waals surface area contributed by atoms with Gasteiger partial charge in [-0.05, 0) is 17.7 Å². The van der Waals surface area contributed by atoms with Crippen molar-refractivity contribution in [2.45, 2.75) is 6.42 Å². The van der Waals surface area contributed by atoms with E-state index in [1.54, 1.807) is 18.5 Å². The monoisotopic (exact) mass is 247 g/mol. The molecule has 2 aromatic heterocycles. The van der Waals surface area contributed by atoms with Gasteiger partial charge in [0.25, 0.3) is 0 Å². The first-order valence-electron chi connectivity index (χ1n) is 5.00. The number of carbonyl (C=O) groups is 1. The van der Waals surface area contributed by atoms with Gasteiger partial charge in [0, 0.05) is 25.0 Å². The Balaban J connectivity index is 2.23. The second-order valence-corrected chi connectivity index (χ2v) is 3.98. The molecule has 0 saturated heterocycles. The van der Waals surface area contributed by atoms with Gasteiger partial charge in [-0.25, -0.2) is 4.98 Å². The van der Waals surface area contributed by atoms with Gasteiger partial charge in [0.2, 0.25) is 0 Å². The van der Waals surface area contributed by atoms with Crippen molar-refractivity contribution >= 4 is 23.2 Å². The van der Waals surface area contributed by atoms with E-state index in [1.165, 1.54) is 12.3 Å². The van der Waals surface area contributed by atoms with Crippen LogP contribution in [0.1, 0.15) is 15.9 Å². The molecule has 86 valence electrons. The molecule has 4 nitrogen and oxygen atoms in total. The summed E-state index contributed by atoms with van der Waals surface area (Å²) in [6.45, 7) is 0. The number of hydrogen-bond acceptors (Lipinski definition) is 4. The van der Waals surface area contributed by atoms with Gasteiger partial charge in [0.05, 0.1) is 10.6 Å². The zero-order valence-electron chi connectivity index (χ0n) is 8.93. The van der Waals surface area contributed by atoms with Crippen LogP contribution in [0.4, 0.5) is 5.82 Å². The lowest BCUT2D eigenvalue weighted by atomic mass is 10.1. The molecule has 0 amide bonds. The molecule has 0 fully saturated rings. The number of rotatable bonds is 3. The number of Topliss-reactive ketones (excluding diaryl/α,β-unsaturated/α-hetero) is 1. The first kappa shape index (κ1) is 11.5. The van der Waals surface area contributed by atoms with E-state index in [1.807, 2.05) is 6.07 Å². The average molecular weight is 248 g/mol. The highest BCUT2D eigenvalue weighted by Crippen LogP contribution is 2.17. The van der Waals surface area contributed by atoms with Crippen molar-refractivity contribution in [2.75, 3.05) is 5.73 Å². The number of pyridine rings is 2. The molecule has 2 aromatic rings. The summed E-state index contributed by atoms with van der Waals surface area (Å²) < 4.78 is 0. The number of nitrogens with two attached hydrogens (primary N) is 1. The Kier molecular flexibility index (Phi) is 3.35. The van der Waals surface area contributed by atoms with Gasteiger partial charge < -0.3 is 5.73 Å². The summed E-state index contributed by atoms with van der Waals surface area (Å²) in [5.41, 5.74) is 6.82. The molecule has 0 unspecified atom stereocenters. The third-order valence-electron chi connectivity index (χ3n) is 2.27. The molecule has 2 rings (SSSR count). The summed E-state index contributed by atoms with van der Waals surface area (Å²) in [6.07, 6.45) is 4.95. The number of nitrogen functional groups attached to an aromatic ring is 1. The van der Waals surface area contributed by atoms with Crippen LogP contribution < -0.4 is 5.73 Å². The van der Waals surface area contributed by atoms with Gasteiger partial charge in [-0.2, -0.15) is 0 Å². The van der Waals surface area contributed by atoms with E-state index < -0.39 is 0 Å². The predicted molar refractivity (Wildman–Crippen MR) is 65.9 cm³/mol. The quantitative estimate of drug-likeness (QED) is 0.844. The molecular weight excluding hydrogens is 238 g/mol. The smallest absolute Gasteiger partial charge is 0.171 e. The van der Waals surface area contributed by atoms with Crippen LogP contribution in [0.5, 0.6) is 0 Å². The van der Waals surface area contributed by atoms with Crippen molar-refractivity contribution in [3.63, 3.8) is 0 Å². The molecule has 0 spiro atoms. The standard InChI is InChI=1S/C12H10ClN3O/c13-9-5-10(12(14)16-7-9)11(17)4-8-2-1-3-15-6-8/h1-3,5-7H,4H2,(H2,14,16). The summed E-state index contributed by atoms with van der Waals surface area (Å²) >= 11 is 5.78. The normalized spacial score (nSPS) is 10.2. The Morgan fingerprint density at radius 1 is 1.41 bits per heavy atom. The average Bonchev–Trinajstić information content (AvgIpc) is 2.33. The van der Waals surface area contributed by atoms with E-state index in [4.69, 9.17) is 17.3 Å². The minimum atomic E-state index is -0.120. The fourth-order valence-electron chi connectivity index (χ4n) is 1.46. The summed E-state index contributed by atoms with van der Waals surface area (Å²) in [5.74, 6) is 0.0776. The lowest BCUT2D eigenvalue weighted by molar-refractivity contribution is 0.0993. The highest BCUT2D eigenvalue weighted by Gasteiger charge is 2.12. The molecule has 0 bridgehead atoms. The predicted octanol–water partition coefficient (Wildman–Crippen LogP) is 2.14. The van der Waals surface area contributed by atoms with Crippen LogP contribution in [0, 0.1) is 0 Å². The number of anilines is 1. The number of hydrogen-bond donors (Lipinski definition) is 1. The van der Waals surface area contributed by atoms with Crippen LogP contribution in [0.2, 0.25) is 5.02 Å². The molecule has 0 atom stereocenters. The van der Waals surface area contributed by atoms with Crippen molar-refractivity contribution in [3.8, 4) is 0 Å². The topological polar surface area (TPSA) is 68.9 Å². The Morgan fingerprint density at radius 3 is 2.94 bits per heavy atom. The van der Waals surface area contributed by atoms with E-state index in [0.29, 0.717) is 10.6 Å². The SMILES string of the molecule is Nc1ncc(Cl)cc1C(=O)Cc1cccnc1. The molecule has 5 heteroatoms. The molecular formula is C12H10ClN3O. The minimum absolute atomic E-state index is 0.120. The van der Waals surface area contributed by atoms with Crippen LogP contribution in [-0.2, 0) is 6.42 Å². The second-order valence-electron chi connectivity index (χ2n) is 3.55. The van der Waals surface area contributed by atoms with Gasteiger partial charge in [0.1, 0.15) is 5.82 Å². The summed E-state index contributed by atoms with van der Waals surface area (Å²) in [7, 11) is 0. The van der Waals surface area contributed by atoms with Crippen LogP contribution in [0.3, 0.4) is 0 Å². The first-order chi connectivity index (χ1) is 8.16. The van der Waals surface area contributed by atoms with Gasteiger partial charge in [-0.1, -0.05) is 17.7 Å². The molecule has 0 radical (unpaired) electrons. The number of nitrogens with zero attached hydrogens (tertiary/aromatic N) is 2. The first-order valence-corrected chi connectivity index (χ1v) is 5.38. The lowest BCUT2D eigenvalue weighted by Crippen LogP contribution is -2.08. The molecule has 2 N–H and O–H groups in total. The number of halogens is 1. The molecule has 17 heavy (non-hydrogen) atoms. The van der Waals surface area contributed by atoms with E-state index >= 15 is 0 Å². The van der Waals surface area contributed by atoms with Crippen molar-refractivity contribution < 1.29 is 4.79 Å². The number of ketones is 1. The van der Waals surface area contributed by atoms with Crippen molar-refractivity contribution in [2.24, 2.45) is 0 Å². The van der Waals surface area contributed by atoms with Crippen LogP contribution in [-0.4, -0.2) is 15.8 Å². The lowest BCUT2D eigenvalue weighted by Gasteiger charge is -2.04. The van der Waals surface area contributed by atoms with Crippen molar-refractivity contribution in [1.82, 2.24) is 9.97 Å². The van der Waals surface area contributed by atoms with E-state index in [0.717, 1.165) is 5.56 Å². The molecule has 0 aromatic carbocycles. The largest absolute Gasteiger partial charge is 0.383 e. The number of carbonyl (C=O) groups excluding carboxylic acids is 1. The fraction of sp³-hybridized carbons (Fsp3) is 0.0833. The Labute approximate surface area is 103 Å². The van der Waals surface area contributed by atoms with Gasteiger partial charge >= 0.3 is 0 Å². The maximum atomic E-state index is 12.0. The van der Waals surface area contributed by atoms with Gasteiger partial charge in [-0.15, -0.1) is 0 Å². The third kappa shape index (κ3) is 2.79. The van der Waals surface area contributed by atoms with E-state index in [-0.39, 0.29) is 18.0 Å². The summed E-state index contributed by atoms with van der Waals surface area (Å²) in [4.78, 5) is 19.8. The maximum Gasteiger partial charge on any atom is 0.171 e. The Morgan fingerprint density at radius 2 is 2.24 bits per heavy atom. The van der Waals surface area contributed by atoms with Gasteiger partial charge in [0.15, 0.2) is 5.78 Å². The van der Waals surface area contributed by atoms with Gasteiger partial charge in [-0.3, -0.25) is 9.78 Å². The van der Waals surface area contributed by atoms with Crippen LogP contribution in [0.25, 0.3) is 0 Å². The molecule has 2 heterocycles. The summed E-state index contributed by atoms with van der Waals surface area (Å²) in [5, 5.41) is 0.397. The Hall–Kier alpha value is -1.94. The van der Waals surface area contributed by atoms with Crippen LogP contribution in [0.15, 0.2) is 36.8 Å². The highest BCUT2D eigenvalue weighted by atomic mass is 35.5. The highest BCUT2D eigenvalue weighted by molar-refractivity contribution is 6.31. The Bertz CT molecular complexity index is 543. The molecule has 0 aliphatic rings. The van der Waals surface area contributed by atoms with E-state index in [9.17, 15) is 4.79 Å². The van der Waals surface area contributed by atoms with Crippen molar-refractivity contribution in [3.05, 3.63) is 52.9 Å². The molecule has 0 saturated carbocycles. The molecule has 0 aliphatic heterocycles. The minimum Gasteiger partial charge on any atom is -0.383 e. The second kappa shape index (κ2) is 4.93. The number of aromatic nitrogens is 2. The zero-order chi connectivity index (χ0) is 12.3.